The molecule has 0 spiro atoms. The quantitative estimate of drug-likeness (QED) is 0.914. The predicted molar refractivity (Wildman–Crippen MR) is 69.4 cm³/mol. The second-order valence-corrected chi connectivity index (χ2v) is 4.22. The number of nitrogens with one attached hydrogen (secondary N) is 1. The van der Waals surface area contributed by atoms with Crippen molar-refractivity contribution in [2.24, 2.45) is 7.05 Å². The Bertz CT molecular complexity index is 584. The number of hydrogen-bond donors (Lipinski definition) is 1. The first-order chi connectivity index (χ1) is 8.69. The van der Waals surface area contributed by atoms with Crippen LogP contribution in [0.3, 0.4) is 0 Å². The van der Waals surface area contributed by atoms with Crippen LogP contribution >= 0.6 is 11.6 Å². The van der Waals surface area contributed by atoms with Gasteiger partial charge in [0.2, 0.25) is 0 Å². The molecule has 0 fully saturated rings. The average Bonchev–Trinajstić information content (AvgIpc) is 2.75. The van der Waals surface area contributed by atoms with Crippen LogP contribution in [0.5, 0.6) is 0 Å². The largest absolute Gasteiger partial charge is 0.385 e. The van der Waals surface area contributed by atoms with E-state index in [1.54, 1.807) is 23.1 Å². The summed E-state index contributed by atoms with van der Waals surface area (Å²) in [5.41, 5.74) is 1.36. The van der Waals surface area contributed by atoms with E-state index in [0.29, 0.717) is 17.1 Å². The van der Waals surface area contributed by atoms with Gasteiger partial charge in [-0.15, -0.1) is 0 Å². The van der Waals surface area contributed by atoms with Gasteiger partial charge in [0.05, 0.1) is 10.6 Å². The molecule has 0 bridgehead atoms. The van der Waals surface area contributed by atoms with Crippen molar-refractivity contribution in [3.05, 3.63) is 40.9 Å². The maximum atomic E-state index is 8.76. The van der Waals surface area contributed by atoms with Crippen LogP contribution in [0.15, 0.2) is 24.5 Å². The molecule has 1 heterocycles. The minimum absolute atomic E-state index is 0.457. The Balaban J connectivity index is 1.91. The molecule has 0 saturated heterocycles. The first-order valence-electron chi connectivity index (χ1n) is 5.47. The first-order valence-corrected chi connectivity index (χ1v) is 5.85. The molecule has 0 amide bonds. The number of benzene rings is 1. The van der Waals surface area contributed by atoms with Gasteiger partial charge in [0.25, 0.3) is 0 Å². The van der Waals surface area contributed by atoms with Crippen molar-refractivity contribution >= 4 is 17.3 Å². The molecule has 0 unspecified atom stereocenters. The number of hydrogen-bond acceptors (Lipinski definition) is 4. The summed E-state index contributed by atoms with van der Waals surface area (Å²) >= 11 is 5.94. The summed E-state index contributed by atoms with van der Waals surface area (Å²) in [7, 11) is 1.84. The molecular weight excluding hydrogens is 250 g/mol. The van der Waals surface area contributed by atoms with Crippen LogP contribution in [0, 0.1) is 11.3 Å². The van der Waals surface area contributed by atoms with Crippen molar-refractivity contribution in [1.82, 2.24) is 14.8 Å². The van der Waals surface area contributed by atoms with Crippen LogP contribution in [-0.2, 0) is 13.5 Å². The topological polar surface area (TPSA) is 66.5 Å². The molecule has 5 nitrogen and oxygen atoms in total. The van der Waals surface area contributed by atoms with Crippen LogP contribution in [-0.4, -0.2) is 21.3 Å². The van der Waals surface area contributed by atoms with E-state index in [2.05, 4.69) is 15.4 Å². The zero-order valence-electron chi connectivity index (χ0n) is 9.89. The molecule has 1 aromatic carbocycles. The first kappa shape index (κ1) is 12.4. The second kappa shape index (κ2) is 5.52. The smallest absolute Gasteiger partial charge is 0.152 e. The van der Waals surface area contributed by atoms with Crippen molar-refractivity contribution < 1.29 is 0 Å². The van der Waals surface area contributed by atoms with Gasteiger partial charge in [0.15, 0.2) is 5.82 Å². The lowest BCUT2D eigenvalue weighted by Crippen LogP contribution is -2.06. The molecule has 18 heavy (non-hydrogen) atoms. The zero-order valence-corrected chi connectivity index (χ0v) is 10.6. The number of rotatable bonds is 4. The van der Waals surface area contributed by atoms with Gasteiger partial charge < -0.3 is 5.32 Å². The summed E-state index contributed by atoms with van der Waals surface area (Å²) in [6.45, 7) is 0.715. The fourth-order valence-corrected chi connectivity index (χ4v) is 1.76. The summed E-state index contributed by atoms with van der Waals surface area (Å²) in [4.78, 5) is 4.13. The fourth-order valence-electron chi connectivity index (χ4n) is 1.53. The molecule has 0 atom stereocenters. The number of anilines is 1. The van der Waals surface area contributed by atoms with E-state index in [1.807, 2.05) is 19.2 Å². The van der Waals surface area contributed by atoms with Crippen LogP contribution in [0.4, 0.5) is 5.69 Å². The number of aromatic nitrogens is 3. The highest BCUT2D eigenvalue weighted by molar-refractivity contribution is 6.32. The number of nitrogens with zero attached hydrogens (tertiary/aromatic N) is 4. The molecular formula is C12H12ClN5. The van der Waals surface area contributed by atoms with E-state index in [9.17, 15) is 0 Å². The molecule has 1 aromatic heterocycles. The third kappa shape index (κ3) is 2.99. The van der Waals surface area contributed by atoms with Crippen LogP contribution in [0.2, 0.25) is 5.02 Å². The lowest BCUT2D eigenvalue weighted by Gasteiger charge is -2.05. The summed E-state index contributed by atoms with van der Waals surface area (Å²) in [5.74, 6) is 0.796. The van der Waals surface area contributed by atoms with E-state index in [-0.39, 0.29) is 0 Å². The standard InChI is InChI=1S/C12H12ClN5/c1-18-8-16-12(17-18)4-5-15-10-3-2-9(7-14)11(13)6-10/h2-3,6,8,15H,4-5H2,1H3. The Morgan fingerprint density at radius 3 is 2.94 bits per heavy atom. The Hall–Kier alpha value is -2.06. The minimum atomic E-state index is 0.457. The predicted octanol–water partition coefficient (Wildman–Crippen LogP) is 1.99. The van der Waals surface area contributed by atoms with Crippen molar-refractivity contribution in [3.63, 3.8) is 0 Å². The van der Waals surface area contributed by atoms with Gasteiger partial charge in [-0.25, -0.2) is 4.98 Å². The fraction of sp³-hybridized carbons (Fsp3) is 0.250. The Labute approximate surface area is 110 Å². The number of halogens is 1. The van der Waals surface area contributed by atoms with Crippen molar-refractivity contribution in [2.75, 3.05) is 11.9 Å². The summed E-state index contributed by atoms with van der Waals surface area (Å²) < 4.78 is 1.67. The highest BCUT2D eigenvalue weighted by atomic mass is 35.5. The minimum Gasteiger partial charge on any atom is -0.385 e. The van der Waals surface area contributed by atoms with E-state index >= 15 is 0 Å². The van der Waals surface area contributed by atoms with E-state index in [4.69, 9.17) is 16.9 Å². The van der Waals surface area contributed by atoms with Gasteiger partial charge in [-0.2, -0.15) is 10.4 Å². The molecule has 1 N–H and O–H groups in total. The third-order valence-electron chi connectivity index (χ3n) is 2.41. The summed E-state index contributed by atoms with van der Waals surface area (Å²) in [5, 5.41) is 16.6. The molecule has 2 rings (SSSR count). The molecule has 2 aromatic rings. The van der Waals surface area contributed by atoms with Gasteiger partial charge in [-0.1, -0.05) is 11.6 Å². The lowest BCUT2D eigenvalue weighted by molar-refractivity contribution is 0.742. The van der Waals surface area contributed by atoms with Crippen LogP contribution < -0.4 is 5.32 Å². The third-order valence-corrected chi connectivity index (χ3v) is 2.73. The van der Waals surface area contributed by atoms with Gasteiger partial charge in [0, 0.05) is 25.7 Å². The molecule has 92 valence electrons. The van der Waals surface area contributed by atoms with E-state index < -0.39 is 0 Å². The van der Waals surface area contributed by atoms with Crippen LogP contribution in [0.25, 0.3) is 0 Å². The molecule has 0 aliphatic heterocycles. The normalized spacial score (nSPS) is 10.1. The second-order valence-electron chi connectivity index (χ2n) is 3.82. The van der Waals surface area contributed by atoms with Gasteiger partial charge in [-0.05, 0) is 18.2 Å². The Morgan fingerprint density at radius 1 is 1.50 bits per heavy atom. The molecule has 0 saturated carbocycles. The highest BCUT2D eigenvalue weighted by Gasteiger charge is 2.02. The number of aryl methyl sites for hydroxylation is 1. The van der Waals surface area contributed by atoms with E-state index in [0.717, 1.165) is 17.9 Å². The molecule has 6 heteroatoms. The van der Waals surface area contributed by atoms with Crippen LogP contribution in [0.1, 0.15) is 11.4 Å². The maximum absolute atomic E-state index is 8.76. The summed E-state index contributed by atoms with van der Waals surface area (Å²) in [6.07, 6.45) is 2.41. The molecule has 0 radical (unpaired) electrons. The molecule has 0 aliphatic carbocycles. The van der Waals surface area contributed by atoms with Gasteiger partial charge in [0.1, 0.15) is 12.4 Å². The average molecular weight is 262 g/mol. The summed E-state index contributed by atoms with van der Waals surface area (Å²) in [6, 6.07) is 7.29. The SMILES string of the molecule is Cn1cnc(CCNc2ccc(C#N)c(Cl)c2)n1. The van der Waals surface area contributed by atoms with E-state index in [1.165, 1.54) is 0 Å². The monoisotopic (exact) mass is 261 g/mol. The number of nitriles is 1. The van der Waals surface area contributed by atoms with Crippen molar-refractivity contribution in [1.29, 1.82) is 5.26 Å². The lowest BCUT2D eigenvalue weighted by atomic mass is 10.2. The Kier molecular flexibility index (Phi) is 3.80. The van der Waals surface area contributed by atoms with Crippen molar-refractivity contribution in [2.45, 2.75) is 6.42 Å². The maximum Gasteiger partial charge on any atom is 0.152 e. The zero-order chi connectivity index (χ0) is 13.0. The highest BCUT2D eigenvalue weighted by Crippen LogP contribution is 2.19. The Morgan fingerprint density at radius 2 is 2.33 bits per heavy atom. The van der Waals surface area contributed by atoms with Gasteiger partial charge in [-0.3, -0.25) is 4.68 Å². The molecule has 0 aliphatic rings. The van der Waals surface area contributed by atoms with Gasteiger partial charge >= 0.3 is 0 Å². The van der Waals surface area contributed by atoms with Crippen molar-refractivity contribution in [3.8, 4) is 6.07 Å².